The van der Waals surface area contributed by atoms with Gasteiger partial charge in [-0.25, -0.2) is 4.39 Å². The molecule has 3 aromatic carbocycles. The van der Waals surface area contributed by atoms with Crippen LogP contribution in [-0.4, -0.2) is 83.5 Å². The molecule has 5 nitrogen and oxygen atoms in total. The maximum atomic E-state index is 13.8. The third kappa shape index (κ3) is 7.63. The smallest absolute Gasteiger partial charge is 0.123 e. The van der Waals surface area contributed by atoms with Gasteiger partial charge in [-0.3, -0.25) is 9.80 Å². The molecule has 1 aromatic heterocycles. The Morgan fingerprint density at radius 1 is 0.683 bits per heavy atom. The second-order valence-electron chi connectivity index (χ2n) is 11.9. The highest BCUT2D eigenvalue weighted by molar-refractivity contribution is 5.84. The minimum atomic E-state index is -0.146. The lowest BCUT2D eigenvalue weighted by molar-refractivity contribution is 0.119. The highest BCUT2D eigenvalue weighted by atomic mass is 19.1. The first kappa shape index (κ1) is 28.1. The topological polar surface area (TPSA) is 28.8 Å². The number of halogens is 1. The largest absolute Gasteiger partial charge is 0.358 e. The van der Waals surface area contributed by atoms with Crippen molar-refractivity contribution in [1.29, 1.82) is 0 Å². The maximum Gasteiger partial charge on any atom is 0.123 e. The fraction of sp³-hybridized carbons (Fsp3) is 0.429. The Kier molecular flexibility index (Phi) is 9.43. The van der Waals surface area contributed by atoms with Gasteiger partial charge >= 0.3 is 0 Å². The summed E-state index contributed by atoms with van der Waals surface area (Å²) in [5.41, 5.74) is 6.43. The van der Waals surface area contributed by atoms with Crippen LogP contribution in [0.1, 0.15) is 35.2 Å². The van der Waals surface area contributed by atoms with Crippen LogP contribution in [0, 0.1) is 5.82 Å². The highest BCUT2D eigenvalue weighted by Crippen LogP contribution is 2.28. The third-order valence-corrected chi connectivity index (χ3v) is 8.88. The molecule has 41 heavy (non-hydrogen) atoms. The van der Waals surface area contributed by atoms with Gasteiger partial charge in [-0.05, 0) is 67.4 Å². The van der Waals surface area contributed by atoms with Crippen molar-refractivity contribution in [2.24, 2.45) is 0 Å². The normalized spacial score (nSPS) is 16.9. The van der Waals surface area contributed by atoms with E-state index in [0.29, 0.717) is 0 Å². The van der Waals surface area contributed by atoms with Crippen LogP contribution in [0.3, 0.4) is 0 Å². The Labute approximate surface area is 244 Å². The van der Waals surface area contributed by atoms with Crippen LogP contribution in [-0.2, 0) is 26.1 Å². The van der Waals surface area contributed by atoms with Crippen LogP contribution in [0.2, 0.25) is 0 Å². The van der Waals surface area contributed by atoms with Gasteiger partial charge in [0.1, 0.15) is 5.82 Å². The molecule has 0 radical (unpaired) electrons. The van der Waals surface area contributed by atoms with E-state index in [2.05, 4.69) is 85.2 Å². The van der Waals surface area contributed by atoms with Crippen LogP contribution >= 0.6 is 0 Å². The van der Waals surface area contributed by atoms with Crippen molar-refractivity contribution < 1.29 is 4.39 Å². The predicted molar refractivity (Wildman–Crippen MR) is 166 cm³/mol. The summed E-state index contributed by atoms with van der Waals surface area (Å²) in [5, 5.41) is 1.06. The lowest BCUT2D eigenvalue weighted by atomic mass is 10.0. The summed E-state index contributed by atoms with van der Waals surface area (Å²) in [6.45, 7) is 13.3. The van der Waals surface area contributed by atoms with Gasteiger partial charge in [-0.1, -0.05) is 60.7 Å². The zero-order valence-electron chi connectivity index (χ0n) is 24.3. The fourth-order valence-corrected chi connectivity index (χ4v) is 6.60. The highest BCUT2D eigenvalue weighted by Gasteiger charge is 2.22. The summed E-state index contributed by atoms with van der Waals surface area (Å²) in [5.74, 6) is -0.146. The number of rotatable bonds is 12. The maximum absolute atomic E-state index is 13.8. The molecule has 216 valence electrons. The first-order valence-corrected chi connectivity index (χ1v) is 15.5. The number of nitrogens with zero attached hydrogens (tertiary/aromatic N) is 4. The van der Waals surface area contributed by atoms with Crippen molar-refractivity contribution in [3.63, 3.8) is 0 Å². The van der Waals surface area contributed by atoms with Crippen molar-refractivity contribution in [2.45, 2.75) is 38.9 Å². The van der Waals surface area contributed by atoms with E-state index in [-0.39, 0.29) is 5.82 Å². The quantitative estimate of drug-likeness (QED) is 0.241. The van der Waals surface area contributed by atoms with E-state index in [9.17, 15) is 4.39 Å². The van der Waals surface area contributed by atoms with Crippen LogP contribution in [0.5, 0.6) is 0 Å². The number of benzene rings is 3. The number of hydrogen-bond acceptors (Lipinski definition) is 4. The number of piperazine rings is 1. The van der Waals surface area contributed by atoms with E-state index < -0.39 is 0 Å². The molecule has 6 heteroatoms. The van der Waals surface area contributed by atoms with E-state index >= 15 is 0 Å². The molecule has 0 saturated carbocycles. The zero-order chi connectivity index (χ0) is 27.9. The Morgan fingerprint density at radius 3 is 1.95 bits per heavy atom. The van der Waals surface area contributed by atoms with Gasteiger partial charge in [0.05, 0.1) is 0 Å². The predicted octanol–water partition coefficient (Wildman–Crippen LogP) is 5.77. The molecule has 0 aliphatic carbocycles. The third-order valence-electron chi connectivity index (χ3n) is 8.88. The lowest BCUT2D eigenvalue weighted by Gasteiger charge is -2.35. The number of hydrogen-bond donors (Lipinski definition) is 1. The van der Waals surface area contributed by atoms with Crippen molar-refractivity contribution in [3.8, 4) is 0 Å². The Morgan fingerprint density at radius 2 is 1.29 bits per heavy atom. The van der Waals surface area contributed by atoms with E-state index in [0.717, 1.165) is 56.6 Å². The number of fused-ring (bicyclic) bond motifs is 3. The second kappa shape index (κ2) is 13.8. The van der Waals surface area contributed by atoms with Gasteiger partial charge in [-0.15, -0.1) is 0 Å². The fourth-order valence-electron chi connectivity index (χ4n) is 6.60. The average molecular weight is 554 g/mol. The summed E-state index contributed by atoms with van der Waals surface area (Å²) in [7, 11) is 0. The molecule has 1 saturated heterocycles. The standard InChI is InChI=1S/C35H44FN5/c36-31-13-14-34-32(25-31)33-28-40(20-15-35(33)37-34)18-7-16-38-21-23-39(24-22-38)17-8-19-41(26-29-9-3-1-4-10-29)27-30-11-5-2-6-12-30/h1-6,9-14,25,37H,7-8,15-24,26-28H2. The molecule has 1 N–H and O–H groups in total. The molecule has 0 atom stereocenters. The Bertz CT molecular complexity index is 1320. The van der Waals surface area contributed by atoms with Crippen molar-refractivity contribution in [1.82, 2.24) is 24.6 Å². The Hall–Kier alpha value is -3.03. The molecule has 2 aliphatic heterocycles. The molecule has 1 fully saturated rings. The summed E-state index contributed by atoms with van der Waals surface area (Å²) in [6.07, 6.45) is 3.42. The molecule has 0 spiro atoms. The molecule has 0 bridgehead atoms. The summed E-state index contributed by atoms with van der Waals surface area (Å²) < 4.78 is 13.8. The molecule has 3 heterocycles. The van der Waals surface area contributed by atoms with Crippen LogP contribution < -0.4 is 0 Å². The number of aromatic amines is 1. The van der Waals surface area contributed by atoms with Gasteiger partial charge in [0.15, 0.2) is 0 Å². The molecular formula is C35H44FN5. The number of nitrogens with one attached hydrogen (secondary N) is 1. The monoisotopic (exact) mass is 553 g/mol. The van der Waals surface area contributed by atoms with Crippen molar-refractivity contribution in [3.05, 3.63) is 107 Å². The van der Waals surface area contributed by atoms with Gasteiger partial charge in [0.25, 0.3) is 0 Å². The molecular weight excluding hydrogens is 509 g/mol. The first-order valence-electron chi connectivity index (χ1n) is 15.5. The van der Waals surface area contributed by atoms with E-state index in [4.69, 9.17) is 0 Å². The minimum Gasteiger partial charge on any atom is -0.358 e. The second-order valence-corrected chi connectivity index (χ2v) is 11.9. The van der Waals surface area contributed by atoms with E-state index in [1.165, 1.54) is 74.5 Å². The molecule has 4 aromatic rings. The van der Waals surface area contributed by atoms with Crippen LogP contribution in [0.25, 0.3) is 10.9 Å². The average Bonchev–Trinajstić information content (AvgIpc) is 3.36. The SMILES string of the molecule is Fc1ccc2[nH]c3c(c2c1)CN(CCCN1CCN(CCCN(Cc2ccccc2)Cc2ccccc2)CC1)CC3. The van der Waals surface area contributed by atoms with Crippen LogP contribution in [0.15, 0.2) is 78.9 Å². The van der Waals surface area contributed by atoms with Crippen molar-refractivity contribution in [2.75, 3.05) is 58.9 Å². The minimum absolute atomic E-state index is 0.146. The summed E-state index contributed by atoms with van der Waals surface area (Å²) in [4.78, 5) is 14.0. The van der Waals surface area contributed by atoms with Gasteiger partial charge < -0.3 is 14.8 Å². The first-order chi connectivity index (χ1) is 20.2. The van der Waals surface area contributed by atoms with Gasteiger partial charge in [-0.2, -0.15) is 0 Å². The zero-order valence-corrected chi connectivity index (χ0v) is 24.3. The Balaban J connectivity index is 0.905. The molecule has 0 unspecified atom stereocenters. The lowest BCUT2D eigenvalue weighted by Crippen LogP contribution is -2.47. The van der Waals surface area contributed by atoms with Gasteiger partial charge in [0, 0.05) is 81.9 Å². The summed E-state index contributed by atoms with van der Waals surface area (Å²) in [6, 6.07) is 26.8. The summed E-state index contributed by atoms with van der Waals surface area (Å²) >= 11 is 0. The van der Waals surface area contributed by atoms with E-state index in [1.807, 2.05) is 6.07 Å². The molecule has 6 rings (SSSR count). The van der Waals surface area contributed by atoms with Gasteiger partial charge in [0.2, 0.25) is 0 Å². The molecule has 2 aliphatic rings. The van der Waals surface area contributed by atoms with Crippen molar-refractivity contribution >= 4 is 10.9 Å². The number of aromatic nitrogens is 1. The molecule has 0 amide bonds. The van der Waals surface area contributed by atoms with E-state index in [1.54, 1.807) is 12.1 Å². The van der Waals surface area contributed by atoms with Crippen LogP contribution in [0.4, 0.5) is 4.39 Å². The number of H-pyrrole nitrogens is 1.